The van der Waals surface area contributed by atoms with Crippen molar-refractivity contribution in [3.8, 4) is 0 Å². The van der Waals surface area contributed by atoms with Gasteiger partial charge in [0.25, 0.3) is 5.91 Å². The minimum absolute atomic E-state index is 0. The van der Waals surface area contributed by atoms with Crippen LogP contribution in [0, 0.1) is 0 Å². The molecule has 0 fully saturated rings. The molecular weight excluding hydrogens is 483 g/mol. The highest BCUT2D eigenvalue weighted by Gasteiger charge is 2.06. The van der Waals surface area contributed by atoms with Gasteiger partial charge in [0.15, 0.2) is 5.96 Å². The van der Waals surface area contributed by atoms with Gasteiger partial charge in [-0.15, -0.1) is 35.3 Å². The monoisotopic (exact) mass is 514 g/mol. The number of aryl methyl sites for hydroxylation is 1. The molecule has 0 aliphatic heterocycles. The van der Waals surface area contributed by atoms with Gasteiger partial charge in [-0.05, 0) is 50.1 Å². The molecule has 0 spiro atoms. The smallest absolute Gasteiger partial charge is 0.261 e. The highest BCUT2D eigenvalue weighted by Crippen LogP contribution is 2.07. The van der Waals surface area contributed by atoms with Crippen LogP contribution in [0.2, 0.25) is 0 Å². The molecule has 3 N–H and O–H groups in total. The first kappa shape index (κ1) is 24.4. The van der Waals surface area contributed by atoms with E-state index in [-0.39, 0.29) is 29.9 Å². The maximum Gasteiger partial charge on any atom is 0.261 e. The lowest BCUT2D eigenvalue weighted by molar-refractivity contribution is 0.0957. The third kappa shape index (κ3) is 9.54. The van der Waals surface area contributed by atoms with Gasteiger partial charge in [-0.1, -0.05) is 36.4 Å². The predicted molar refractivity (Wildman–Crippen MR) is 130 cm³/mol. The highest BCUT2D eigenvalue weighted by molar-refractivity contribution is 14.0. The minimum atomic E-state index is -0.00598. The third-order valence-corrected chi connectivity index (χ3v) is 4.94. The van der Waals surface area contributed by atoms with Crippen LogP contribution in [0.25, 0.3) is 0 Å². The van der Waals surface area contributed by atoms with Crippen LogP contribution < -0.4 is 16.0 Å². The summed E-state index contributed by atoms with van der Waals surface area (Å²) in [6.07, 6.45) is 2.90. The zero-order valence-electron chi connectivity index (χ0n) is 16.6. The van der Waals surface area contributed by atoms with Gasteiger partial charge >= 0.3 is 0 Å². The zero-order valence-corrected chi connectivity index (χ0v) is 19.8. The third-order valence-electron chi connectivity index (χ3n) is 4.07. The average Bonchev–Trinajstić information content (AvgIpc) is 3.22. The number of thiophene rings is 1. The summed E-state index contributed by atoms with van der Waals surface area (Å²) in [5, 5.41) is 11.6. The number of carbonyl (C=O) groups excluding carboxylic acids is 1. The average molecular weight is 514 g/mol. The Morgan fingerprint density at radius 1 is 1.14 bits per heavy atom. The molecule has 1 amide bonds. The summed E-state index contributed by atoms with van der Waals surface area (Å²) in [6, 6.07) is 14.6. The normalized spacial score (nSPS) is 12.0. The Morgan fingerprint density at radius 2 is 1.93 bits per heavy atom. The number of amides is 1. The molecular formula is C21H31IN4OS. The van der Waals surface area contributed by atoms with Crippen molar-refractivity contribution < 1.29 is 4.79 Å². The fourth-order valence-corrected chi connectivity index (χ4v) is 3.26. The number of hydrogen-bond acceptors (Lipinski definition) is 3. The van der Waals surface area contributed by atoms with E-state index < -0.39 is 0 Å². The van der Waals surface area contributed by atoms with E-state index >= 15 is 0 Å². The van der Waals surface area contributed by atoms with Crippen LogP contribution in [0.15, 0.2) is 52.8 Å². The summed E-state index contributed by atoms with van der Waals surface area (Å²) in [7, 11) is 0. The molecule has 0 aliphatic carbocycles. The Balaban J connectivity index is 0.00000392. The fourth-order valence-electron chi connectivity index (χ4n) is 2.62. The van der Waals surface area contributed by atoms with E-state index in [1.165, 1.54) is 16.9 Å². The fraction of sp³-hybridized carbons (Fsp3) is 0.429. The first-order valence-corrected chi connectivity index (χ1v) is 10.5. The number of guanidine groups is 1. The minimum Gasteiger partial charge on any atom is -0.357 e. The van der Waals surface area contributed by atoms with E-state index in [1.807, 2.05) is 23.6 Å². The summed E-state index contributed by atoms with van der Waals surface area (Å²) in [4.78, 5) is 17.2. The molecule has 1 unspecified atom stereocenters. The standard InChI is InChI=1S/C21H30N4OS.HI/c1-3-22-21(25-17(2)12-13-18-9-5-4-6-10-18)24-15-8-14-23-20(26)19-11-7-16-27-19;/h4-7,9-11,16-17H,3,8,12-15H2,1-2H3,(H,23,26)(H2,22,24,25);1H. The van der Waals surface area contributed by atoms with E-state index in [0.29, 0.717) is 19.1 Å². The largest absolute Gasteiger partial charge is 0.357 e. The van der Waals surface area contributed by atoms with Crippen molar-refractivity contribution in [2.45, 2.75) is 39.2 Å². The molecule has 2 rings (SSSR count). The number of halogens is 1. The van der Waals surface area contributed by atoms with Gasteiger partial charge < -0.3 is 16.0 Å². The second-order valence-corrected chi connectivity index (χ2v) is 7.36. The van der Waals surface area contributed by atoms with E-state index in [1.54, 1.807) is 0 Å². The van der Waals surface area contributed by atoms with Gasteiger partial charge in [0.05, 0.1) is 4.88 Å². The van der Waals surface area contributed by atoms with Crippen LogP contribution in [-0.2, 0) is 6.42 Å². The number of benzene rings is 1. The molecule has 1 atom stereocenters. The molecule has 7 heteroatoms. The number of carbonyl (C=O) groups is 1. The first-order chi connectivity index (χ1) is 13.2. The van der Waals surface area contributed by atoms with Crippen molar-refractivity contribution in [3.63, 3.8) is 0 Å². The van der Waals surface area contributed by atoms with E-state index in [4.69, 9.17) is 0 Å². The van der Waals surface area contributed by atoms with Crippen LogP contribution in [0.4, 0.5) is 0 Å². The number of rotatable bonds is 10. The second-order valence-electron chi connectivity index (χ2n) is 6.42. The van der Waals surface area contributed by atoms with Gasteiger partial charge in [0.2, 0.25) is 0 Å². The van der Waals surface area contributed by atoms with Gasteiger partial charge in [-0.3, -0.25) is 9.79 Å². The predicted octanol–water partition coefficient (Wildman–Crippen LogP) is 4.06. The molecule has 0 saturated carbocycles. The summed E-state index contributed by atoms with van der Waals surface area (Å²) in [5.41, 5.74) is 1.36. The van der Waals surface area contributed by atoms with E-state index in [9.17, 15) is 4.79 Å². The van der Waals surface area contributed by atoms with Gasteiger partial charge in [-0.2, -0.15) is 0 Å². The van der Waals surface area contributed by atoms with Crippen LogP contribution in [0.5, 0.6) is 0 Å². The molecule has 0 aliphatic rings. The Labute approximate surface area is 189 Å². The van der Waals surface area contributed by atoms with E-state index in [2.05, 4.69) is 59.1 Å². The summed E-state index contributed by atoms with van der Waals surface area (Å²) < 4.78 is 0. The Kier molecular flexibility index (Phi) is 12.6. The van der Waals surface area contributed by atoms with Crippen LogP contribution in [0.3, 0.4) is 0 Å². The van der Waals surface area contributed by atoms with E-state index in [0.717, 1.165) is 36.6 Å². The lowest BCUT2D eigenvalue weighted by atomic mass is 10.1. The van der Waals surface area contributed by atoms with Crippen molar-refractivity contribution in [2.75, 3.05) is 19.6 Å². The SMILES string of the molecule is CCNC(=NCCCNC(=O)c1cccs1)NC(C)CCc1ccccc1.I. The lowest BCUT2D eigenvalue weighted by Crippen LogP contribution is -2.42. The molecule has 1 aromatic heterocycles. The second kappa shape index (κ2) is 14.4. The van der Waals surface area contributed by atoms with Crippen molar-refractivity contribution in [1.82, 2.24) is 16.0 Å². The van der Waals surface area contributed by atoms with Gasteiger partial charge in [0, 0.05) is 25.7 Å². The zero-order chi connectivity index (χ0) is 19.3. The molecule has 0 saturated heterocycles. The highest BCUT2D eigenvalue weighted by atomic mass is 127. The number of nitrogens with one attached hydrogen (secondary N) is 3. The number of hydrogen-bond donors (Lipinski definition) is 3. The molecule has 0 radical (unpaired) electrons. The Morgan fingerprint density at radius 3 is 2.61 bits per heavy atom. The van der Waals surface area contributed by atoms with Crippen molar-refractivity contribution in [1.29, 1.82) is 0 Å². The molecule has 154 valence electrons. The topological polar surface area (TPSA) is 65.5 Å². The van der Waals surface area contributed by atoms with Crippen LogP contribution in [-0.4, -0.2) is 37.5 Å². The molecule has 28 heavy (non-hydrogen) atoms. The summed E-state index contributed by atoms with van der Waals surface area (Å²) in [6.45, 7) is 6.37. The van der Waals surface area contributed by atoms with Gasteiger partial charge in [0.1, 0.15) is 0 Å². The molecule has 1 aromatic carbocycles. The number of aliphatic imine (C=N–C) groups is 1. The molecule has 5 nitrogen and oxygen atoms in total. The lowest BCUT2D eigenvalue weighted by Gasteiger charge is -2.18. The Bertz CT molecular complexity index is 692. The van der Waals surface area contributed by atoms with Crippen molar-refractivity contribution >= 4 is 47.2 Å². The van der Waals surface area contributed by atoms with Crippen LogP contribution >= 0.6 is 35.3 Å². The molecule has 1 heterocycles. The van der Waals surface area contributed by atoms with Crippen molar-refractivity contribution in [3.05, 3.63) is 58.3 Å². The summed E-state index contributed by atoms with van der Waals surface area (Å²) >= 11 is 1.46. The summed E-state index contributed by atoms with van der Waals surface area (Å²) in [5.74, 6) is 0.830. The maximum atomic E-state index is 11.9. The molecule has 2 aromatic rings. The molecule has 0 bridgehead atoms. The first-order valence-electron chi connectivity index (χ1n) is 9.59. The number of nitrogens with zero attached hydrogens (tertiary/aromatic N) is 1. The van der Waals surface area contributed by atoms with Crippen molar-refractivity contribution in [2.24, 2.45) is 4.99 Å². The quantitative estimate of drug-likeness (QED) is 0.194. The maximum absolute atomic E-state index is 11.9. The van der Waals surface area contributed by atoms with Crippen LogP contribution in [0.1, 0.15) is 41.9 Å². The van der Waals surface area contributed by atoms with Gasteiger partial charge in [-0.25, -0.2) is 0 Å². The Hall–Kier alpha value is -1.61.